The zero-order valence-corrected chi connectivity index (χ0v) is 10.1. The molecule has 0 fully saturated rings. The Morgan fingerprint density at radius 2 is 1.88 bits per heavy atom. The number of ketones is 1. The van der Waals surface area contributed by atoms with Crippen LogP contribution in [-0.4, -0.2) is 5.78 Å². The number of rotatable bonds is 1. The number of hydrogen-bond donors (Lipinski definition) is 0. The van der Waals surface area contributed by atoms with Crippen molar-refractivity contribution in [1.29, 1.82) is 0 Å². The highest BCUT2D eigenvalue weighted by Crippen LogP contribution is 2.30. The Morgan fingerprint density at radius 1 is 1.18 bits per heavy atom. The van der Waals surface area contributed by atoms with E-state index in [1.165, 1.54) is 16.3 Å². The molecule has 1 nitrogen and oxygen atoms in total. The van der Waals surface area contributed by atoms with Gasteiger partial charge in [-0.1, -0.05) is 37.3 Å². The van der Waals surface area contributed by atoms with Gasteiger partial charge in [0.15, 0.2) is 5.78 Å². The molecule has 2 aromatic rings. The predicted octanol–water partition coefficient (Wildman–Crippen LogP) is 3.99. The summed E-state index contributed by atoms with van der Waals surface area (Å²) in [5.74, 6) is 0.586. The van der Waals surface area contributed by atoms with Crippen molar-refractivity contribution in [3.8, 4) is 0 Å². The van der Waals surface area contributed by atoms with Gasteiger partial charge in [0.2, 0.25) is 0 Å². The third-order valence-corrected chi connectivity index (χ3v) is 3.86. The standard InChI is InChI=1S/C16H16O/c1-2-11-7-8-14-9-12-5-3-4-6-13(12)10-15(14)16(11)17/h3-6,9-11H,2,7-8H2,1H3. The Kier molecular flexibility index (Phi) is 2.47. The van der Waals surface area contributed by atoms with Gasteiger partial charge in [-0.3, -0.25) is 4.79 Å². The maximum atomic E-state index is 12.3. The second-order valence-electron chi connectivity index (χ2n) is 4.86. The fourth-order valence-corrected chi connectivity index (χ4v) is 2.79. The van der Waals surface area contributed by atoms with Gasteiger partial charge in [0.1, 0.15) is 0 Å². The van der Waals surface area contributed by atoms with Crippen LogP contribution < -0.4 is 0 Å². The Hall–Kier alpha value is -1.63. The number of carbonyl (C=O) groups excluding carboxylic acids is 1. The zero-order valence-electron chi connectivity index (χ0n) is 10.1. The van der Waals surface area contributed by atoms with E-state index >= 15 is 0 Å². The van der Waals surface area contributed by atoms with Crippen molar-refractivity contribution in [2.45, 2.75) is 26.2 Å². The molecule has 0 heterocycles. The summed E-state index contributed by atoms with van der Waals surface area (Å²) in [6.45, 7) is 2.11. The molecule has 0 saturated carbocycles. The lowest BCUT2D eigenvalue weighted by atomic mass is 9.80. The molecule has 0 N–H and O–H groups in total. The maximum absolute atomic E-state index is 12.3. The van der Waals surface area contributed by atoms with E-state index in [2.05, 4.69) is 31.2 Å². The third kappa shape index (κ3) is 1.66. The molecule has 3 rings (SSSR count). The van der Waals surface area contributed by atoms with Crippen LogP contribution in [0.1, 0.15) is 35.7 Å². The highest BCUT2D eigenvalue weighted by Gasteiger charge is 2.25. The van der Waals surface area contributed by atoms with Gasteiger partial charge in [0.25, 0.3) is 0 Å². The average Bonchev–Trinajstić information content (AvgIpc) is 2.37. The third-order valence-electron chi connectivity index (χ3n) is 3.86. The van der Waals surface area contributed by atoms with Crippen LogP contribution in [0.4, 0.5) is 0 Å². The van der Waals surface area contributed by atoms with Crippen LogP contribution in [0.3, 0.4) is 0 Å². The summed E-state index contributed by atoms with van der Waals surface area (Å²) in [5.41, 5.74) is 2.19. The molecule has 1 heteroatoms. The van der Waals surface area contributed by atoms with Gasteiger partial charge in [-0.2, -0.15) is 0 Å². The lowest BCUT2D eigenvalue weighted by molar-refractivity contribution is 0.0899. The van der Waals surface area contributed by atoms with Crippen molar-refractivity contribution in [1.82, 2.24) is 0 Å². The minimum Gasteiger partial charge on any atom is -0.294 e. The fraction of sp³-hybridized carbons (Fsp3) is 0.312. The van der Waals surface area contributed by atoms with Crippen LogP contribution in [0.25, 0.3) is 10.8 Å². The number of benzene rings is 2. The molecule has 0 bridgehead atoms. The van der Waals surface area contributed by atoms with Gasteiger partial charge in [0.05, 0.1) is 0 Å². The van der Waals surface area contributed by atoms with Crippen molar-refractivity contribution in [2.24, 2.45) is 5.92 Å². The van der Waals surface area contributed by atoms with Crippen LogP contribution in [0.15, 0.2) is 36.4 Å². The smallest absolute Gasteiger partial charge is 0.166 e. The number of hydrogen-bond acceptors (Lipinski definition) is 1. The Bertz CT molecular complexity index is 583. The van der Waals surface area contributed by atoms with Crippen LogP contribution in [0.2, 0.25) is 0 Å². The highest BCUT2D eigenvalue weighted by molar-refractivity contribution is 6.03. The van der Waals surface area contributed by atoms with E-state index < -0.39 is 0 Å². The second-order valence-corrected chi connectivity index (χ2v) is 4.86. The molecule has 17 heavy (non-hydrogen) atoms. The summed E-state index contributed by atoms with van der Waals surface area (Å²) < 4.78 is 0. The Morgan fingerprint density at radius 3 is 2.59 bits per heavy atom. The molecule has 1 atom stereocenters. The van der Waals surface area contributed by atoms with Crippen molar-refractivity contribution < 1.29 is 4.79 Å². The minimum absolute atomic E-state index is 0.240. The first-order chi connectivity index (χ1) is 8.29. The first-order valence-electron chi connectivity index (χ1n) is 6.35. The largest absolute Gasteiger partial charge is 0.294 e. The lowest BCUT2D eigenvalue weighted by Crippen LogP contribution is -2.21. The van der Waals surface area contributed by atoms with E-state index in [9.17, 15) is 4.79 Å². The van der Waals surface area contributed by atoms with E-state index in [0.29, 0.717) is 5.78 Å². The number of Topliss-reactive ketones (excluding diaryl/α,β-unsaturated/α-hetero) is 1. The summed E-state index contributed by atoms with van der Waals surface area (Å²) in [7, 11) is 0. The second kappa shape index (κ2) is 3.99. The van der Waals surface area contributed by atoms with E-state index in [1.54, 1.807) is 0 Å². The monoisotopic (exact) mass is 224 g/mol. The first-order valence-corrected chi connectivity index (χ1v) is 6.35. The van der Waals surface area contributed by atoms with Crippen LogP contribution in [0, 0.1) is 5.92 Å². The Labute approximate surface area is 101 Å². The van der Waals surface area contributed by atoms with Crippen molar-refractivity contribution >= 4 is 16.6 Å². The molecular formula is C16H16O. The van der Waals surface area contributed by atoms with Crippen LogP contribution in [0.5, 0.6) is 0 Å². The van der Waals surface area contributed by atoms with Gasteiger partial charge in [0, 0.05) is 11.5 Å². The van der Waals surface area contributed by atoms with Gasteiger partial charge in [-0.05, 0) is 41.7 Å². The summed E-state index contributed by atoms with van der Waals surface area (Å²) >= 11 is 0. The molecule has 0 saturated heterocycles. The van der Waals surface area contributed by atoms with Gasteiger partial charge in [-0.25, -0.2) is 0 Å². The molecule has 1 unspecified atom stereocenters. The van der Waals surface area contributed by atoms with Crippen LogP contribution in [-0.2, 0) is 6.42 Å². The molecule has 0 radical (unpaired) electrons. The zero-order chi connectivity index (χ0) is 11.8. The lowest BCUT2D eigenvalue weighted by Gasteiger charge is -2.22. The highest BCUT2D eigenvalue weighted by atomic mass is 16.1. The van der Waals surface area contributed by atoms with Crippen molar-refractivity contribution in [3.05, 3.63) is 47.5 Å². The van der Waals surface area contributed by atoms with E-state index in [1.807, 2.05) is 12.1 Å². The summed E-state index contributed by atoms with van der Waals surface area (Å²) in [4.78, 5) is 12.3. The normalized spacial score (nSPS) is 19.4. The molecule has 0 amide bonds. The van der Waals surface area contributed by atoms with E-state index in [4.69, 9.17) is 0 Å². The molecule has 86 valence electrons. The Balaban J connectivity index is 2.19. The average molecular weight is 224 g/mol. The molecule has 1 aliphatic carbocycles. The summed E-state index contributed by atoms with van der Waals surface area (Å²) in [6.07, 6.45) is 3.02. The molecule has 0 aromatic heterocycles. The van der Waals surface area contributed by atoms with Crippen molar-refractivity contribution in [3.63, 3.8) is 0 Å². The van der Waals surface area contributed by atoms with Gasteiger partial charge < -0.3 is 0 Å². The van der Waals surface area contributed by atoms with Gasteiger partial charge in [-0.15, -0.1) is 0 Å². The number of carbonyl (C=O) groups is 1. The topological polar surface area (TPSA) is 17.1 Å². The maximum Gasteiger partial charge on any atom is 0.166 e. The molecule has 0 spiro atoms. The molecule has 1 aliphatic rings. The molecule has 2 aromatic carbocycles. The summed E-state index contributed by atoms with van der Waals surface area (Å²) in [6, 6.07) is 12.5. The van der Waals surface area contributed by atoms with E-state index in [-0.39, 0.29) is 5.92 Å². The first kappa shape index (κ1) is 10.5. The quantitative estimate of drug-likeness (QED) is 0.715. The number of aryl methyl sites for hydroxylation is 1. The predicted molar refractivity (Wildman–Crippen MR) is 70.4 cm³/mol. The van der Waals surface area contributed by atoms with Crippen LogP contribution >= 0.6 is 0 Å². The fourth-order valence-electron chi connectivity index (χ4n) is 2.79. The minimum atomic E-state index is 0.240. The summed E-state index contributed by atoms with van der Waals surface area (Å²) in [5, 5.41) is 2.42. The molecular weight excluding hydrogens is 208 g/mol. The number of fused-ring (bicyclic) bond motifs is 2. The van der Waals surface area contributed by atoms with Gasteiger partial charge >= 0.3 is 0 Å². The SMILES string of the molecule is CCC1CCc2cc3ccccc3cc2C1=O. The van der Waals surface area contributed by atoms with Crippen molar-refractivity contribution in [2.75, 3.05) is 0 Å². The molecule has 0 aliphatic heterocycles. The van der Waals surface area contributed by atoms with E-state index in [0.717, 1.165) is 24.8 Å².